The molecule has 0 spiro atoms. The highest BCUT2D eigenvalue weighted by Crippen LogP contribution is 2.16. The highest BCUT2D eigenvalue weighted by Gasteiger charge is 2.21. The highest BCUT2D eigenvalue weighted by atomic mass is 16.5. The molecule has 1 aliphatic heterocycles. The first-order chi connectivity index (χ1) is 9.83. The molecule has 0 bridgehead atoms. The Kier molecular flexibility index (Phi) is 6.34. The summed E-state index contributed by atoms with van der Waals surface area (Å²) in [5, 5.41) is 3.59. The fourth-order valence-corrected chi connectivity index (χ4v) is 2.89. The lowest BCUT2D eigenvalue weighted by Crippen LogP contribution is -2.37. The summed E-state index contributed by atoms with van der Waals surface area (Å²) in [4.78, 5) is 2.58. The molecule has 0 aromatic heterocycles. The van der Waals surface area contributed by atoms with E-state index in [0.717, 1.165) is 37.9 Å². The number of hydrogen-bond donors (Lipinski definition) is 1. The zero-order valence-electron chi connectivity index (χ0n) is 12.9. The van der Waals surface area contributed by atoms with Gasteiger partial charge in [0, 0.05) is 19.1 Å². The van der Waals surface area contributed by atoms with E-state index in [9.17, 15) is 0 Å². The molecular weight excluding hydrogens is 248 g/mol. The van der Waals surface area contributed by atoms with E-state index in [2.05, 4.69) is 42.3 Å². The van der Waals surface area contributed by atoms with Gasteiger partial charge in [-0.1, -0.05) is 26.0 Å². The SMILES string of the molecule is CCCOc1cccc(CNCC2CCCN2CC)c1. The smallest absolute Gasteiger partial charge is 0.119 e. The molecule has 112 valence electrons. The van der Waals surface area contributed by atoms with Crippen molar-refractivity contribution in [1.29, 1.82) is 0 Å². The summed E-state index contributed by atoms with van der Waals surface area (Å²) >= 11 is 0. The maximum absolute atomic E-state index is 5.67. The van der Waals surface area contributed by atoms with Crippen LogP contribution in [0.25, 0.3) is 0 Å². The van der Waals surface area contributed by atoms with Crippen LogP contribution >= 0.6 is 0 Å². The minimum atomic E-state index is 0.722. The molecule has 0 amide bonds. The van der Waals surface area contributed by atoms with Crippen LogP contribution in [0.15, 0.2) is 24.3 Å². The van der Waals surface area contributed by atoms with Gasteiger partial charge in [0.05, 0.1) is 6.61 Å². The van der Waals surface area contributed by atoms with Crippen molar-refractivity contribution in [3.8, 4) is 5.75 Å². The Balaban J connectivity index is 1.76. The largest absolute Gasteiger partial charge is 0.494 e. The Morgan fingerprint density at radius 2 is 2.25 bits per heavy atom. The van der Waals surface area contributed by atoms with Crippen molar-refractivity contribution in [3.63, 3.8) is 0 Å². The van der Waals surface area contributed by atoms with Gasteiger partial charge in [0.1, 0.15) is 5.75 Å². The average molecular weight is 276 g/mol. The van der Waals surface area contributed by atoms with E-state index in [4.69, 9.17) is 4.74 Å². The molecule has 1 atom stereocenters. The minimum absolute atomic E-state index is 0.722. The minimum Gasteiger partial charge on any atom is -0.494 e. The number of likely N-dealkylation sites (N-methyl/N-ethyl adjacent to an activating group) is 1. The Hall–Kier alpha value is -1.06. The molecular formula is C17H28N2O. The predicted octanol–water partition coefficient (Wildman–Crippen LogP) is 3.05. The molecule has 2 rings (SSSR count). The second-order valence-electron chi connectivity index (χ2n) is 5.55. The molecule has 1 N–H and O–H groups in total. The van der Waals surface area contributed by atoms with E-state index in [1.54, 1.807) is 0 Å². The number of nitrogens with one attached hydrogen (secondary N) is 1. The average Bonchev–Trinajstić information content (AvgIpc) is 2.93. The van der Waals surface area contributed by atoms with Crippen LogP contribution in [0.5, 0.6) is 5.75 Å². The van der Waals surface area contributed by atoms with Crippen molar-refractivity contribution < 1.29 is 4.74 Å². The lowest BCUT2D eigenvalue weighted by atomic mass is 10.2. The number of likely N-dealkylation sites (tertiary alicyclic amines) is 1. The van der Waals surface area contributed by atoms with E-state index in [1.807, 2.05) is 6.07 Å². The lowest BCUT2D eigenvalue weighted by Gasteiger charge is -2.23. The number of nitrogens with zero attached hydrogens (tertiary/aromatic N) is 1. The maximum atomic E-state index is 5.67. The second kappa shape index (κ2) is 8.28. The molecule has 1 aliphatic rings. The van der Waals surface area contributed by atoms with Crippen molar-refractivity contribution in [3.05, 3.63) is 29.8 Å². The first kappa shape index (κ1) is 15.3. The summed E-state index contributed by atoms with van der Waals surface area (Å²) in [6, 6.07) is 9.15. The zero-order chi connectivity index (χ0) is 14.2. The third-order valence-electron chi connectivity index (χ3n) is 3.99. The summed E-state index contributed by atoms with van der Waals surface area (Å²) in [6.45, 7) is 9.64. The van der Waals surface area contributed by atoms with Gasteiger partial charge in [0.15, 0.2) is 0 Å². The first-order valence-electron chi connectivity index (χ1n) is 8.00. The Morgan fingerprint density at radius 1 is 1.35 bits per heavy atom. The number of benzene rings is 1. The molecule has 1 unspecified atom stereocenters. The first-order valence-corrected chi connectivity index (χ1v) is 8.00. The van der Waals surface area contributed by atoms with Crippen molar-refractivity contribution in [2.75, 3.05) is 26.2 Å². The fourth-order valence-electron chi connectivity index (χ4n) is 2.89. The molecule has 1 aromatic carbocycles. The standard InChI is InChI=1S/C17H28N2O/c1-3-11-20-17-9-5-7-15(12-17)13-18-14-16-8-6-10-19(16)4-2/h5,7,9,12,16,18H,3-4,6,8,10-11,13-14H2,1-2H3. The van der Waals surface area contributed by atoms with Gasteiger partial charge >= 0.3 is 0 Å². The van der Waals surface area contributed by atoms with Crippen LogP contribution in [0.1, 0.15) is 38.7 Å². The monoisotopic (exact) mass is 276 g/mol. The number of rotatable bonds is 8. The molecule has 0 saturated carbocycles. The molecule has 1 heterocycles. The third-order valence-corrected chi connectivity index (χ3v) is 3.99. The van der Waals surface area contributed by atoms with Crippen LogP contribution in [0, 0.1) is 0 Å². The zero-order valence-corrected chi connectivity index (χ0v) is 12.9. The number of ether oxygens (including phenoxy) is 1. The molecule has 3 nitrogen and oxygen atoms in total. The summed E-state index contributed by atoms with van der Waals surface area (Å²) in [5.41, 5.74) is 1.31. The predicted molar refractivity (Wildman–Crippen MR) is 84.2 cm³/mol. The summed E-state index contributed by atoms with van der Waals surface area (Å²) in [6.07, 6.45) is 3.73. The molecule has 3 heteroatoms. The Morgan fingerprint density at radius 3 is 3.05 bits per heavy atom. The molecule has 1 saturated heterocycles. The van der Waals surface area contributed by atoms with Gasteiger partial charge in [0.2, 0.25) is 0 Å². The summed E-state index contributed by atoms with van der Waals surface area (Å²) < 4.78 is 5.67. The van der Waals surface area contributed by atoms with Gasteiger partial charge in [-0.3, -0.25) is 4.90 Å². The lowest BCUT2D eigenvalue weighted by molar-refractivity contribution is 0.260. The van der Waals surface area contributed by atoms with Crippen LogP contribution in [-0.2, 0) is 6.54 Å². The van der Waals surface area contributed by atoms with E-state index in [-0.39, 0.29) is 0 Å². The fraction of sp³-hybridized carbons (Fsp3) is 0.647. The quantitative estimate of drug-likeness (QED) is 0.790. The van der Waals surface area contributed by atoms with E-state index < -0.39 is 0 Å². The molecule has 1 aromatic rings. The highest BCUT2D eigenvalue weighted by molar-refractivity contribution is 5.28. The Labute approximate surface area is 123 Å². The summed E-state index contributed by atoms with van der Waals surface area (Å²) in [7, 11) is 0. The topological polar surface area (TPSA) is 24.5 Å². The van der Waals surface area contributed by atoms with Crippen LogP contribution in [0.4, 0.5) is 0 Å². The molecule has 20 heavy (non-hydrogen) atoms. The maximum Gasteiger partial charge on any atom is 0.119 e. The van der Waals surface area contributed by atoms with Crippen molar-refractivity contribution in [2.45, 2.75) is 45.7 Å². The van der Waals surface area contributed by atoms with Crippen molar-refractivity contribution >= 4 is 0 Å². The van der Waals surface area contributed by atoms with Crippen molar-refractivity contribution in [1.82, 2.24) is 10.2 Å². The molecule has 1 fully saturated rings. The van der Waals surface area contributed by atoms with Crippen LogP contribution in [-0.4, -0.2) is 37.2 Å². The second-order valence-corrected chi connectivity index (χ2v) is 5.55. The van der Waals surface area contributed by atoms with Gasteiger partial charge in [0.25, 0.3) is 0 Å². The number of hydrogen-bond acceptors (Lipinski definition) is 3. The molecule has 0 radical (unpaired) electrons. The van der Waals surface area contributed by atoms with Gasteiger partial charge in [-0.15, -0.1) is 0 Å². The van der Waals surface area contributed by atoms with Crippen LogP contribution < -0.4 is 10.1 Å². The summed E-state index contributed by atoms with van der Waals surface area (Å²) in [5.74, 6) is 0.988. The van der Waals surface area contributed by atoms with E-state index in [0.29, 0.717) is 0 Å². The van der Waals surface area contributed by atoms with E-state index >= 15 is 0 Å². The third kappa shape index (κ3) is 4.50. The Bertz CT molecular complexity index is 394. The van der Waals surface area contributed by atoms with Gasteiger partial charge in [-0.2, -0.15) is 0 Å². The van der Waals surface area contributed by atoms with Gasteiger partial charge in [-0.05, 0) is 50.0 Å². The van der Waals surface area contributed by atoms with Gasteiger partial charge in [-0.25, -0.2) is 0 Å². The van der Waals surface area contributed by atoms with Crippen molar-refractivity contribution in [2.24, 2.45) is 0 Å². The van der Waals surface area contributed by atoms with Crippen LogP contribution in [0.2, 0.25) is 0 Å². The molecule has 0 aliphatic carbocycles. The normalized spacial score (nSPS) is 19.4. The van der Waals surface area contributed by atoms with Gasteiger partial charge < -0.3 is 10.1 Å². The van der Waals surface area contributed by atoms with E-state index in [1.165, 1.54) is 31.5 Å². The van der Waals surface area contributed by atoms with Crippen LogP contribution in [0.3, 0.4) is 0 Å².